The van der Waals surface area contributed by atoms with E-state index in [1.165, 1.54) is 0 Å². The number of β-lactam (4-membered cyclic amide) rings is 1. The maximum atomic E-state index is 12.4. The Balaban J connectivity index is 2.56. The third kappa shape index (κ3) is 1.65. The molecule has 4 atom stereocenters. The number of fused-ring (bicyclic) bond motifs is 1. The van der Waals surface area contributed by atoms with E-state index in [0.29, 0.717) is 0 Å². The second-order valence-electron chi connectivity index (χ2n) is 5.34. The van der Waals surface area contributed by atoms with Gasteiger partial charge in [-0.2, -0.15) is 0 Å². The molecule has 2 aliphatic rings. The van der Waals surface area contributed by atoms with Gasteiger partial charge in [0.25, 0.3) is 0 Å². The Kier molecular flexibility index (Phi) is 3.72. The predicted octanol–water partition coefficient (Wildman–Crippen LogP) is -0.0877. The van der Waals surface area contributed by atoms with Crippen molar-refractivity contribution in [3.63, 3.8) is 0 Å². The third-order valence-electron chi connectivity index (χ3n) is 4.01. The first-order valence-electron chi connectivity index (χ1n) is 6.06. The molecule has 0 spiro atoms. The molecular weight excluding hydrogens is 389 g/mol. The van der Waals surface area contributed by atoms with Gasteiger partial charge in [0.2, 0.25) is 0 Å². The minimum absolute atomic E-state index is 0.134. The number of nitrogens with one attached hydrogen (secondary N) is 1. The average Bonchev–Trinajstić information content (AvgIpc) is 2.43. The molecule has 0 aromatic heterocycles. The Hall–Kier alpha value is -0.220. The van der Waals surface area contributed by atoms with Crippen molar-refractivity contribution in [1.82, 2.24) is 5.32 Å². The molecule has 2 aliphatic heterocycles. The van der Waals surface area contributed by atoms with Crippen LogP contribution >= 0.6 is 11.6 Å². The van der Waals surface area contributed by atoms with Gasteiger partial charge in [0, 0.05) is 0 Å². The van der Waals surface area contributed by atoms with Crippen LogP contribution in [-0.4, -0.2) is 51.0 Å². The third-order valence-corrected chi connectivity index (χ3v) is 11.1. The molecule has 0 aromatic carbocycles. The van der Waals surface area contributed by atoms with Gasteiger partial charge >= 0.3 is 119 Å². The Morgan fingerprint density at radius 3 is 2.42 bits per heavy atom. The van der Waals surface area contributed by atoms with Crippen LogP contribution in [0.3, 0.4) is 0 Å². The first kappa shape index (κ1) is 15.2. The molecule has 2 rings (SSSR count). The van der Waals surface area contributed by atoms with Crippen LogP contribution in [0, 0.1) is 11.8 Å². The summed E-state index contributed by atoms with van der Waals surface area (Å²) >= 11 is -0.0482. The van der Waals surface area contributed by atoms with Crippen molar-refractivity contribution >= 4 is 39.5 Å². The van der Waals surface area contributed by atoms with Gasteiger partial charge in [0.05, 0.1) is 0 Å². The molecule has 8 heteroatoms. The number of hydrogen-bond donors (Lipinski definition) is 2. The summed E-state index contributed by atoms with van der Waals surface area (Å²) in [5.74, 6) is -1.85. The second kappa shape index (κ2) is 4.66. The summed E-state index contributed by atoms with van der Waals surface area (Å²) in [5.41, 5.74) is 0. The van der Waals surface area contributed by atoms with Gasteiger partial charge in [0.1, 0.15) is 0 Å². The molecule has 0 radical (unpaired) electrons. The van der Waals surface area contributed by atoms with Gasteiger partial charge in [-0.15, -0.1) is 0 Å². The summed E-state index contributed by atoms with van der Waals surface area (Å²) in [6.45, 7) is 3.25. The molecule has 2 N–H and O–H groups in total. The monoisotopic (exact) mass is 407 g/mol. The Morgan fingerprint density at radius 1 is 1.42 bits per heavy atom. The molecule has 0 aliphatic carbocycles. The SMILES string of the molecule is CC(C)[C@H](O)[C@]12C(=O)N[C@H]1C(CCCl)C(=O)[Te]2(=O)=O. The number of aliphatic hydroxyl groups excluding tert-OH is 1. The number of hydrogen-bond acceptors (Lipinski definition) is 5. The Labute approximate surface area is 119 Å². The summed E-state index contributed by atoms with van der Waals surface area (Å²) in [6.07, 6.45) is -1.16. The van der Waals surface area contributed by atoms with Gasteiger partial charge in [-0.25, -0.2) is 0 Å². The van der Waals surface area contributed by atoms with Crippen molar-refractivity contribution in [3.05, 3.63) is 0 Å². The molecule has 0 aromatic rings. The summed E-state index contributed by atoms with van der Waals surface area (Å²) in [6, 6.07) is -0.820. The van der Waals surface area contributed by atoms with Crippen molar-refractivity contribution in [1.29, 1.82) is 0 Å². The van der Waals surface area contributed by atoms with Crippen molar-refractivity contribution < 1.29 is 20.9 Å². The maximum absolute atomic E-state index is 12.4. The van der Waals surface area contributed by atoms with E-state index in [4.69, 9.17) is 11.6 Å². The first-order chi connectivity index (χ1) is 8.72. The van der Waals surface area contributed by atoms with Crippen molar-refractivity contribution in [3.8, 4) is 0 Å². The molecule has 2 saturated heterocycles. The zero-order chi connectivity index (χ0) is 14.6. The van der Waals surface area contributed by atoms with Crippen LogP contribution < -0.4 is 5.32 Å². The molecule has 0 bridgehead atoms. The van der Waals surface area contributed by atoms with Crippen LogP contribution in [0.25, 0.3) is 0 Å². The van der Waals surface area contributed by atoms with E-state index in [9.17, 15) is 20.9 Å². The van der Waals surface area contributed by atoms with Crippen LogP contribution in [0.1, 0.15) is 20.3 Å². The topological polar surface area (TPSA) is 101 Å². The number of halogens is 1. The fourth-order valence-corrected chi connectivity index (χ4v) is 10.2. The van der Waals surface area contributed by atoms with E-state index in [2.05, 4.69) is 5.32 Å². The number of aliphatic hydroxyl groups is 1. The quantitative estimate of drug-likeness (QED) is 0.387. The molecule has 0 saturated carbocycles. The van der Waals surface area contributed by atoms with Gasteiger partial charge in [-0.1, -0.05) is 0 Å². The van der Waals surface area contributed by atoms with Crippen LogP contribution in [0.4, 0.5) is 0 Å². The molecular formula is C11H16ClNO5Te. The fraction of sp³-hybridized carbons (Fsp3) is 0.818. The summed E-state index contributed by atoms with van der Waals surface area (Å²) < 4.78 is 22.0. The van der Waals surface area contributed by atoms with Crippen molar-refractivity contribution in [2.45, 2.75) is 35.9 Å². The Bertz CT molecular complexity index is 531. The minimum atomic E-state index is -5.64. The average molecular weight is 405 g/mol. The van der Waals surface area contributed by atoms with Crippen LogP contribution in [0.5, 0.6) is 0 Å². The molecule has 108 valence electrons. The van der Waals surface area contributed by atoms with Gasteiger partial charge in [0.15, 0.2) is 0 Å². The van der Waals surface area contributed by atoms with Crippen molar-refractivity contribution in [2.24, 2.45) is 11.8 Å². The van der Waals surface area contributed by atoms with Crippen molar-refractivity contribution in [2.75, 3.05) is 5.88 Å². The number of carbonyl (C=O) groups is 2. The standard InChI is InChI=1S/C11H16ClNO5Te/c1-5(2)8(14)11-7(13-10(11)16)6(3-4-12)9(15)19(11,17)18/h5-8,14H,3-4H2,1-2H3,(H,13,16)/t6?,7-,8-,11-/m0/s1. The molecule has 19 heavy (non-hydrogen) atoms. The number of carbonyl (C=O) groups excluding carboxylic acids is 2. The van der Waals surface area contributed by atoms with Gasteiger partial charge < -0.3 is 0 Å². The zero-order valence-electron chi connectivity index (χ0n) is 10.6. The summed E-state index contributed by atoms with van der Waals surface area (Å²) in [5, 5.41) is 12.7. The second-order valence-corrected chi connectivity index (χ2v) is 11.7. The summed E-state index contributed by atoms with van der Waals surface area (Å²) in [7, 11) is 0. The van der Waals surface area contributed by atoms with E-state index >= 15 is 0 Å². The normalized spacial score (nSPS) is 37.7. The zero-order valence-corrected chi connectivity index (χ0v) is 13.7. The van der Waals surface area contributed by atoms with E-state index in [1.807, 2.05) is 0 Å². The van der Waals surface area contributed by atoms with E-state index < -0.39 is 55.3 Å². The number of amides is 1. The predicted molar refractivity (Wildman–Crippen MR) is 66.4 cm³/mol. The van der Waals surface area contributed by atoms with Crippen LogP contribution in [-0.2, 0) is 15.8 Å². The fourth-order valence-electron chi connectivity index (χ4n) is 2.99. The number of alkyl halides is 1. The van der Waals surface area contributed by atoms with Gasteiger partial charge in [-0.05, 0) is 0 Å². The van der Waals surface area contributed by atoms with Crippen LogP contribution in [0.15, 0.2) is 0 Å². The van der Waals surface area contributed by atoms with Gasteiger partial charge in [-0.3, -0.25) is 0 Å². The molecule has 2 heterocycles. The van der Waals surface area contributed by atoms with E-state index in [1.54, 1.807) is 13.8 Å². The van der Waals surface area contributed by atoms with E-state index in [-0.39, 0.29) is 12.3 Å². The van der Waals surface area contributed by atoms with Crippen LogP contribution in [0.2, 0.25) is 3.46 Å². The molecule has 1 unspecified atom stereocenters. The summed E-state index contributed by atoms with van der Waals surface area (Å²) in [4.78, 5) is 23.9. The number of rotatable bonds is 4. The molecule has 1 amide bonds. The molecule has 6 nitrogen and oxygen atoms in total. The van der Waals surface area contributed by atoms with E-state index in [0.717, 1.165) is 0 Å². The first-order valence-corrected chi connectivity index (χ1v) is 10.8. The Morgan fingerprint density at radius 2 is 2.00 bits per heavy atom. The molecule has 2 fully saturated rings.